The molecular formula is C23H19ClN2O2. The zero-order valence-corrected chi connectivity index (χ0v) is 16.1. The highest BCUT2D eigenvalue weighted by atomic mass is 35.5. The predicted molar refractivity (Wildman–Crippen MR) is 113 cm³/mol. The Labute approximate surface area is 168 Å². The van der Waals surface area contributed by atoms with E-state index in [2.05, 4.69) is 4.98 Å². The highest BCUT2D eigenvalue weighted by Gasteiger charge is 2.16. The molecule has 0 aliphatic heterocycles. The third-order valence-corrected chi connectivity index (χ3v) is 4.67. The Morgan fingerprint density at radius 2 is 1.64 bits per heavy atom. The number of imidazole rings is 1. The average Bonchev–Trinajstić information content (AvgIpc) is 3.16. The van der Waals surface area contributed by atoms with E-state index in [1.54, 1.807) is 12.1 Å². The Hall–Kier alpha value is -3.24. The lowest BCUT2D eigenvalue weighted by atomic mass is 10.1. The zero-order chi connectivity index (χ0) is 19.5. The smallest absolute Gasteiger partial charge is 0.161 e. The number of ether oxygens (including phenoxy) is 1. The fourth-order valence-electron chi connectivity index (χ4n) is 3.07. The van der Waals surface area contributed by atoms with Gasteiger partial charge in [-0.05, 0) is 37.3 Å². The number of hydrogen-bond acceptors (Lipinski definition) is 3. The molecule has 0 atom stereocenters. The van der Waals surface area contributed by atoms with Crippen LogP contribution in [0, 0.1) is 0 Å². The summed E-state index contributed by atoms with van der Waals surface area (Å²) in [5, 5.41) is 10.7. The summed E-state index contributed by atoms with van der Waals surface area (Å²) in [5.41, 5.74) is 4.59. The normalized spacial score (nSPS) is 10.8. The molecule has 0 unspecified atom stereocenters. The van der Waals surface area contributed by atoms with Gasteiger partial charge in [-0.25, -0.2) is 4.98 Å². The second kappa shape index (κ2) is 7.79. The maximum absolute atomic E-state index is 9.99. The van der Waals surface area contributed by atoms with Gasteiger partial charge in [-0.3, -0.25) is 0 Å². The molecule has 0 amide bonds. The maximum atomic E-state index is 9.99. The Morgan fingerprint density at radius 3 is 2.36 bits per heavy atom. The standard InChI is InChI=1S/C23H19ClN2O2/c1-2-28-20-14-17(10-13-19(20)27)23-25-21(15-6-4-3-5-7-15)22(26-23)16-8-11-18(24)12-9-16/h3-14,27H,2H2,1H3,(H,25,26). The highest BCUT2D eigenvalue weighted by Crippen LogP contribution is 2.36. The van der Waals surface area contributed by atoms with Gasteiger partial charge in [-0.2, -0.15) is 0 Å². The largest absolute Gasteiger partial charge is 0.504 e. The number of nitrogens with zero attached hydrogens (tertiary/aromatic N) is 1. The Kier molecular flexibility index (Phi) is 5.04. The molecule has 2 N–H and O–H groups in total. The van der Waals surface area contributed by atoms with Gasteiger partial charge in [0.15, 0.2) is 11.5 Å². The molecule has 5 heteroatoms. The van der Waals surface area contributed by atoms with Gasteiger partial charge >= 0.3 is 0 Å². The summed E-state index contributed by atoms with van der Waals surface area (Å²) < 4.78 is 5.51. The third kappa shape index (κ3) is 3.59. The molecule has 3 aromatic carbocycles. The molecule has 1 heterocycles. The lowest BCUT2D eigenvalue weighted by molar-refractivity contribution is 0.318. The SMILES string of the molecule is CCOc1cc(-c2nc(-c3ccccc3)c(-c3ccc(Cl)cc3)[nH]2)ccc1O. The van der Waals surface area contributed by atoms with E-state index >= 15 is 0 Å². The minimum Gasteiger partial charge on any atom is -0.504 e. The molecule has 4 aromatic rings. The molecule has 0 bridgehead atoms. The van der Waals surface area contributed by atoms with Crippen molar-refractivity contribution in [2.45, 2.75) is 6.92 Å². The van der Waals surface area contributed by atoms with Gasteiger partial charge in [0.25, 0.3) is 0 Å². The van der Waals surface area contributed by atoms with E-state index in [-0.39, 0.29) is 5.75 Å². The number of hydrogen-bond donors (Lipinski definition) is 2. The molecule has 4 rings (SSSR count). The summed E-state index contributed by atoms with van der Waals surface area (Å²) in [5.74, 6) is 1.24. The van der Waals surface area contributed by atoms with E-state index in [0.717, 1.165) is 28.1 Å². The van der Waals surface area contributed by atoms with Crippen molar-refractivity contribution in [2.75, 3.05) is 6.61 Å². The summed E-state index contributed by atoms with van der Waals surface area (Å²) in [4.78, 5) is 8.28. The van der Waals surface area contributed by atoms with Gasteiger partial charge in [0, 0.05) is 21.7 Å². The van der Waals surface area contributed by atoms with E-state index in [9.17, 15) is 5.11 Å². The van der Waals surface area contributed by atoms with Gasteiger partial charge in [-0.15, -0.1) is 0 Å². The molecule has 0 radical (unpaired) electrons. The first-order chi connectivity index (χ1) is 13.7. The van der Waals surface area contributed by atoms with Crippen LogP contribution < -0.4 is 4.74 Å². The first-order valence-corrected chi connectivity index (χ1v) is 9.41. The van der Waals surface area contributed by atoms with Crippen LogP contribution >= 0.6 is 11.6 Å². The number of nitrogens with one attached hydrogen (secondary N) is 1. The van der Waals surface area contributed by atoms with Crippen LogP contribution in [0.25, 0.3) is 33.9 Å². The van der Waals surface area contributed by atoms with Crippen molar-refractivity contribution in [3.05, 3.63) is 77.8 Å². The lowest BCUT2D eigenvalue weighted by Gasteiger charge is -2.07. The number of benzene rings is 3. The zero-order valence-electron chi connectivity index (χ0n) is 15.3. The molecule has 0 saturated heterocycles. The second-order valence-corrected chi connectivity index (χ2v) is 6.73. The van der Waals surface area contributed by atoms with Gasteiger partial charge < -0.3 is 14.8 Å². The molecule has 0 aliphatic carbocycles. The van der Waals surface area contributed by atoms with Crippen molar-refractivity contribution in [3.8, 4) is 45.4 Å². The van der Waals surface area contributed by atoms with Crippen LogP contribution in [0.2, 0.25) is 5.02 Å². The Morgan fingerprint density at radius 1 is 0.929 bits per heavy atom. The van der Waals surface area contributed by atoms with Crippen LogP contribution in [0.1, 0.15) is 6.92 Å². The fourth-order valence-corrected chi connectivity index (χ4v) is 3.20. The Bertz CT molecular complexity index is 1090. The number of rotatable bonds is 5. The van der Waals surface area contributed by atoms with Crippen LogP contribution in [0.3, 0.4) is 0 Å². The number of aromatic amines is 1. The summed E-state index contributed by atoms with van der Waals surface area (Å²) in [7, 11) is 0. The van der Waals surface area contributed by atoms with Crippen molar-refractivity contribution < 1.29 is 9.84 Å². The van der Waals surface area contributed by atoms with E-state index < -0.39 is 0 Å². The van der Waals surface area contributed by atoms with Crippen molar-refractivity contribution in [2.24, 2.45) is 0 Å². The molecule has 1 aromatic heterocycles. The number of phenols is 1. The van der Waals surface area contributed by atoms with E-state index in [0.29, 0.717) is 23.2 Å². The van der Waals surface area contributed by atoms with Gasteiger partial charge in [0.2, 0.25) is 0 Å². The number of halogens is 1. The van der Waals surface area contributed by atoms with Crippen molar-refractivity contribution in [1.29, 1.82) is 0 Å². The van der Waals surface area contributed by atoms with Gasteiger partial charge in [-0.1, -0.05) is 54.1 Å². The molecule has 4 nitrogen and oxygen atoms in total. The van der Waals surface area contributed by atoms with Crippen LogP contribution in [-0.4, -0.2) is 21.7 Å². The van der Waals surface area contributed by atoms with Crippen LogP contribution in [0.4, 0.5) is 0 Å². The minimum absolute atomic E-state index is 0.110. The lowest BCUT2D eigenvalue weighted by Crippen LogP contribution is -1.92. The number of H-pyrrole nitrogens is 1. The minimum atomic E-state index is 0.110. The van der Waals surface area contributed by atoms with Crippen LogP contribution in [-0.2, 0) is 0 Å². The number of phenolic OH excluding ortho intramolecular Hbond substituents is 1. The van der Waals surface area contributed by atoms with Crippen LogP contribution in [0.15, 0.2) is 72.8 Å². The van der Waals surface area contributed by atoms with Crippen molar-refractivity contribution in [3.63, 3.8) is 0 Å². The molecule has 0 saturated carbocycles. The van der Waals surface area contributed by atoms with Crippen LogP contribution in [0.5, 0.6) is 11.5 Å². The number of aromatic nitrogens is 2. The summed E-state index contributed by atoms with van der Waals surface area (Å²) in [6.07, 6.45) is 0. The summed E-state index contributed by atoms with van der Waals surface area (Å²) in [6.45, 7) is 2.35. The van der Waals surface area contributed by atoms with Crippen molar-refractivity contribution in [1.82, 2.24) is 9.97 Å². The van der Waals surface area contributed by atoms with Crippen molar-refractivity contribution >= 4 is 11.6 Å². The summed E-state index contributed by atoms with van der Waals surface area (Å²) in [6, 6.07) is 22.9. The molecular weight excluding hydrogens is 372 g/mol. The van der Waals surface area contributed by atoms with E-state index in [4.69, 9.17) is 21.3 Å². The van der Waals surface area contributed by atoms with E-state index in [1.165, 1.54) is 0 Å². The maximum Gasteiger partial charge on any atom is 0.161 e. The third-order valence-electron chi connectivity index (χ3n) is 4.42. The van der Waals surface area contributed by atoms with Gasteiger partial charge in [0.05, 0.1) is 18.0 Å². The second-order valence-electron chi connectivity index (χ2n) is 6.30. The molecule has 0 spiro atoms. The summed E-state index contributed by atoms with van der Waals surface area (Å²) >= 11 is 6.06. The topological polar surface area (TPSA) is 58.1 Å². The van der Waals surface area contributed by atoms with Gasteiger partial charge in [0.1, 0.15) is 5.82 Å². The molecule has 0 fully saturated rings. The highest BCUT2D eigenvalue weighted by molar-refractivity contribution is 6.30. The quantitative estimate of drug-likeness (QED) is 0.428. The predicted octanol–water partition coefficient (Wildman–Crippen LogP) is 6.17. The molecule has 0 aliphatic rings. The fraction of sp³-hybridized carbons (Fsp3) is 0.0870. The molecule has 28 heavy (non-hydrogen) atoms. The monoisotopic (exact) mass is 390 g/mol. The first-order valence-electron chi connectivity index (χ1n) is 9.03. The number of aromatic hydroxyl groups is 1. The average molecular weight is 391 g/mol. The van der Waals surface area contributed by atoms with E-state index in [1.807, 2.05) is 67.6 Å². The Balaban J connectivity index is 1.86. The first kappa shape index (κ1) is 18.1. The molecule has 140 valence electrons.